The summed E-state index contributed by atoms with van der Waals surface area (Å²) in [5.41, 5.74) is 0.226. The molecule has 0 unspecified atom stereocenters. The van der Waals surface area contributed by atoms with Gasteiger partial charge >= 0.3 is 0 Å². The van der Waals surface area contributed by atoms with E-state index < -0.39 is 0 Å². The van der Waals surface area contributed by atoms with Crippen LogP contribution in [-0.2, 0) is 0 Å². The molecule has 6 nitrogen and oxygen atoms in total. The van der Waals surface area contributed by atoms with Crippen LogP contribution in [0.2, 0.25) is 0 Å². The summed E-state index contributed by atoms with van der Waals surface area (Å²) in [6.07, 6.45) is 2.92. The van der Waals surface area contributed by atoms with Crippen molar-refractivity contribution in [1.29, 1.82) is 0 Å². The van der Waals surface area contributed by atoms with Crippen LogP contribution in [0.4, 0.5) is 0 Å². The lowest BCUT2D eigenvalue weighted by Crippen LogP contribution is -2.52. The second-order valence-electron chi connectivity index (χ2n) is 4.66. The molecule has 19 heavy (non-hydrogen) atoms. The maximum atomic E-state index is 12.2. The Labute approximate surface area is 108 Å². The third-order valence-electron chi connectivity index (χ3n) is 3.35. The van der Waals surface area contributed by atoms with Crippen LogP contribution in [0.25, 0.3) is 5.65 Å². The third kappa shape index (κ3) is 1.90. The quantitative estimate of drug-likeness (QED) is 0.807. The lowest BCUT2D eigenvalue weighted by Gasteiger charge is -2.38. The highest BCUT2D eigenvalue weighted by Gasteiger charge is 2.32. The van der Waals surface area contributed by atoms with Crippen LogP contribution in [0.5, 0.6) is 0 Å². The average Bonchev–Trinajstić information content (AvgIpc) is 2.38. The van der Waals surface area contributed by atoms with Gasteiger partial charge in [0.1, 0.15) is 11.2 Å². The molecule has 1 aliphatic heterocycles. The fourth-order valence-corrected chi connectivity index (χ4v) is 2.19. The number of rotatable bonds is 2. The van der Waals surface area contributed by atoms with Gasteiger partial charge in [-0.3, -0.25) is 14.0 Å². The monoisotopic (exact) mass is 259 g/mol. The summed E-state index contributed by atoms with van der Waals surface area (Å²) in [7, 11) is 0. The predicted molar refractivity (Wildman–Crippen MR) is 67.9 cm³/mol. The van der Waals surface area contributed by atoms with E-state index in [0.29, 0.717) is 18.7 Å². The SMILES string of the molecule is O=C(c1cnc2ccccn2c1=O)N1CC(CO)C1. The Morgan fingerprint density at radius 3 is 2.95 bits per heavy atom. The van der Waals surface area contributed by atoms with Gasteiger partial charge in [0, 0.05) is 38.0 Å². The molecule has 0 spiro atoms. The number of amides is 1. The van der Waals surface area contributed by atoms with Crippen molar-refractivity contribution in [2.24, 2.45) is 5.92 Å². The lowest BCUT2D eigenvalue weighted by molar-refractivity contribution is 0.0360. The number of fused-ring (bicyclic) bond motifs is 1. The number of hydrogen-bond acceptors (Lipinski definition) is 4. The van der Waals surface area contributed by atoms with Gasteiger partial charge in [0.05, 0.1) is 0 Å². The standard InChI is InChI=1S/C13H13N3O3/c17-8-9-6-15(7-9)12(18)10-5-14-11-3-1-2-4-16(11)13(10)19/h1-5,9,17H,6-8H2. The minimum absolute atomic E-state index is 0.0682. The second-order valence-corrected chi connectivity index (χ2v) is 4.66. The highest BCUT2D eigenvalue weighted by atomic mass is 16.3. The van der Waals surface area contributed by atoms with Gasteiger partial charge in [-0.05, 0) is 12.1 Å². The smallest absolute Gasteiger partial charge is 0.270 e. The highest BCUT2D eigenvalue weighted by molar-refractivity contribution is 5.94. The van der Waals surface area contributed by atoms with E-state index in [-0.39, 0.29) is 29.6 Å². The van der Waals surface area contributed by atoms with Gasteiger partial charge in [0.25, 0.3) is 11.5 Å². The molecule has 0 aromatic carbocycles. The van der Waals surface area contributed by atoms with Crippen LogP contribution in [0, 0.1) is 5.92 Å². The van der Waals surface area contributed by atoms with E-state index in [1.54, 1.807) is 29.3 Å². The van der Waals surface area contributed by atoms with Crippen LogP contribution in [-0.4, -0.2) is 45.0 Å². The average molecular weight is 259 g/mol. The van der Waals surface area contributed by atoms with Gasteiger partial charge in [-0.25, -0.2) is 4.98 Å². The Morgan fingerprint density at radius 2 is 2.21 bits per heavy atom. The second kappa shape index (κ2) is 4.47. The summed E-state index contributed by atoms with van der Waals surface area (Å²) in [6, 6.07) is 5.21. The topological polar surface area (TPSA) is 74.9 Å². The molecule has 0 bridgehead atoms. The molecule has 2 aromatic rings. The number of likely N-dealkylation sites (tertiary alicyclic amines) is 1. The molecular weight excluding hydrogens is 246 g/mol. The van der Waals surface area contributed by atoms with Gasteiger partial charge in [-0.2, -0.15) is 0 Å². The zero-order valence-corrected chi connectivity index (χ0v) is 10.2. The van der Waals surface area contributed by atoms with Crippen LogP contribution in [0.1, 0.15) is 10.4 Å². The van der Waals surface area contributed by atoms with Crippen molar-refractivity contribution in [1.82, 2.24) is 14.3 Å². The maximum absolute atomic E-state index is 12.2. The van der Waals surface area contributed by atoms with Gasteiger partial charge in [-0.15, -0.1) is 0 Å². The molecule has 1 aliphatic rings. The fraction of sp³-hybridized carbons (Fsp3) is 0.308. The molecule has 0 radical (unpaired) electrons. The van der Waals surface area contributed by atoms with Crippen molar-refractivity contribution in [3.8, 4) is 0 Å². The number of aromatic nitrogens is 2. The maximum Gasteiger partial charge on any atom is 0.270 e. The first-order chi connectivity index (χ1) is 9.20. The lowest BCUT2D eigenvalue weighted by atomic mass is 10.0. The summed E-state index contributed by atoms with van der Waals surface area (Å²) in [5, 5.41) is 8.94. The van der Waals surface area contributed by atoms with E-state index in [9.17, 15) is 9.59 Å². The van der Waals surface area contributed by atoms with Crippen molar-refractivity contribution >= 4 is 11.6 Å². The summed E-state index contributed by atoms with van der Waals surface area (Å²) in [4.78, 5) is 30.0. The Morgan fingerprint density at radius 1 is 1.42 bits per heavy atom. The largest absolute Gasteiger partial charge is 0.396 e. The van der Waals surface area contributed by atoms with Crippen molar-refractivity contribution in [3.05, 3.63) is 46.5 Å². The number of carbonyl (C=O) groups is 1. The van der Waals surface area contributed by atoms with Gasteiger partial charge in [0.2, 0.25) is 0 Å². The molecule has 98 valence electrons. The van der Waals surface area contributed by atoms with Gasteiger partial charge in [0.15, 0.2) is 0 Å². The number of nitrogens with zero attached hydrogens (tertiary/aromatic N) is 3. The van der Waals surface area contributed by atoms with E-state index in [0.717, 1.165) is 0 Å². The van der Waals surface area contributed by atoms with E-state index in [4.69, 9.17) is 5.11 Å². The number of aliphatic hydroxyl groups is 1. The molecule has 3 rings (SSSR count). The summed E-state index contributed by atoms with van der Waals surface area (Å²) >= 11 is 0. The number of aliphatic hydroxyl groups excluding tert-OH is 1. The molecule has 0 saturated carbocycles. The summed E-state index contributed by atoms with van der Waals surface area (Å²) in [5.74, 6) is -0.194. The molecule has 6 heteroatoms. The summed E-state index contributed by atoms with van der Waals surface area (Å²) in [6.45, 7) is 1.05. The van der Waals surface area contributed by atoms with Crippen LogP contribution >= 0.6 is 0 Å². The van der Waals surface area contributed by atoms with Crippen molar-refractivity contribution in [2.75, 3.05) is 19.7 Å². The molecule has 1 amide bonds. The molecule has 3 heterocycles. The Kier molecular flexibility index (Phi) is 2.79. The highest BCUT2D eigenvalue weighted by Crippen LogP contribution is 2.16. The molecule has 0 aliphatic carbocycles. The predicted octanol–water partition coefficient (Wildman–Crippen LogP) is -0.241. The Balaban J connectivity index is 1.95. The molecular formula is C13H13N3O3. The number of hydrogen-bond donors (Lipinski definition) is 1. The number of pyridine rings is 1. The fourth-order valence-electron chi connectivity index (χ4n) is 2.19. The minimum atomic E-state index is -0.358. The van der Waals surface area contributed by atoms with Crippen LogP contribution in [0.3, 0.4) is 0 Å². The van der Waals surface area contributed by atoms with Crippen molar-refractivity contribution < 1.29 is 9.90 Å². The first kappa shape index (κ1) is 11.9. The zero-order chi connectivity index (χ0) is 13.4. The van der Waals surface area contributed by atoms with E-state index in [1.807, 2.05) is 0 Å². The molecule has 1 saturated heterocycles. The van der Waals surface area contributed by atoms with Crippen LogP contribution < -0.4 is 5.56 Å². The van der Waals surface area contributed by atoms with Gasteiger partial charge in [-0.1, -0.05) is 6.07 Å². The van der Waals surface area contributed by atoms with Crippen molar-refractivity contribution in [2.45, 2.75) is 0 Å². The first-order valence-corrected chi connectivity index (χ1v) is 6.07. The Bertz CT molecular complexity index is 689. The number of carbonyl (C=O) groups excluding carboxylic acids is 1. The summed E-state index contributed by atoms with van der Waals surface area (Å²) < 4.78 is 1.36. The minimum Gasteiger partial charge on any atom is -0.396 e. The third-order valence-corrected chi connectivity index (χ3v) is 3.35. The van der Waals surface area contributed by atoms with E-state index >= 15 is 0 Å². The van der Waals surface area contributed by atoms with Gasteiger partial charge < -0.3 is 10.0 Å². The molecule has 1 N–H and O–H groups in total. The normalized spacial score (nSPS) is 15.5. The first-order valence-electron chi connectivity index (χ1n) is 6.07. The molecule has 2 aromatic heterocycles. The van der Waals surface area contributed by atoms with Crippen molar-refractivity contribution in [3.63, 3.8) is 0 Å². The molecule has 0 atom stereocenters. The molecule has 1 fully saturated rings. The Hall–Kier alpha value is -2.21. The zero-order valence-electron chi connectivity index (χ0n) is 10.2. The van der Waals surface area contributed by atoms with E-state index in [1.165, 1.54) is 10.6 Å². The van der Waals surface area contributed by atoms with E-state index in [2.05, 4.69) is 4.98 Å². The van der Waals surface area contributed by atoms with Crippen LogP contribution in [0.15, 0.2) is 35.4 Å².